The fourth-order valence-electron chi connectivity index (χ4n) is 0.568. The van der Waals surface area contributed by atoms with E-state index >= 15 is 0 Å². The third-order valence-corrected chi connectivity index (χ3v) is 1.43. The van der Waals surface area contributed by atoms with Gasteiger partial charge in [-0.1, -0.05) is 6.92 Å². The van der Waals surface area contributed by atoms with Crippen molar-refractivity contribution in [1.82, 2.24) is 5.43 Å². The van der Waals surface area contributed by atoms with E-state index in [1.807, 2.05) is 6.92 Å². The Morgan fingerprint density at radius 3 is 2.70 bits per heavy atom. The molecule has 60 valence electrons. The molecule has 5 N–H and O–H groups in total. The van der Waals surface area contributed by atoms with Crippen molar-refractivity contribution < 1.29 is 4.79 Å². The zero-order chi connectivity index (χ0) is 7.98. The van der Waals surface area contributed by atoms with E-state index in [1.165, 1.54) is 0 Å². The molecule has 0 bridgehead atoms. The summed E-state index contributed by atoms with van der Waals surface area (Å²) < 4.78 is 0. The van der Waals surface area contributed by atoms with Gasteiger partial charge in [0.05, 0.1) is 0 Å². The highest BCUT2D eigenvalue weighted by molar-refractivity contribution is 5.75. The smallest absolute Gasteiger partial charge is 0.233 e. The molecule has 1 unspecified atom stereocenters. The van der Waals surface area contributed by atoms with Crippen LogP contribution in [0.2, 0.25) is 0 Å². The Labute approximate surface area is 60.9 Å². The van der Waals surface area contributed by atoms with Crippen LogP contribution in [-0.2, 0) is 4.79 Å². The molecule has 10 heavy (non-hydrogen) atoms. The standard InChI is InChI=1S/C6H15N3O/c1-5(4-7)2-3-6(10)9-8/h5H,2-4,7-8H2,1H3,(H,9,10). The number of carbonyl (C=O) groups excluding carboxylic acids is 1. The number of rotatable bonds is 4. The molecular formula is C6H15N3O. The molecule has 0 saturated heterocycles. The van der Waals surface area contributed by atoms with Gasteiger partial charge in [-0.05, 0) is 18.9 Å². The van der Waals surface area contributed by atoms with Gasteiger partial charge in [-0.2, -0.15) is 0 Å². The van der Waals surface area contributed by atoms with E-state index in [1.54, 1.807) is 0 Å². The highest BCUT2D eigenvalue weighted by Gasteiger charge is 2.02. The zero-order valence-electron chi connectivity index (χ0n) is 6.26. The third kappa shape index (κ3) is 4.29. The van der Waals surface area contributed by atoms with Gasteiger partial charge in [0.15, 0.2) is 0 Å². The van der Waals surface area contributed by atoms with Gasteiger partial charge in [0, 0.05) is 6.42 Å². The Morgan fingerprint density at radius 2 is 2.30 bits per heavy atom. The maximum Gasteiger partial charge on any atom is 0.233 e. The van der Waals surface area contributed by atoms with Gasteiger partial charge in [0.2, 0.25) is 5.91 Å². The van der Waals surface area contributed by atoms with E-state index in [4.69, 9.17) is 11.6 Å². The Morgan fingerprint density at radius 1 is 1.70 bits per heavy atom. The molecular weight excluding hydrogens is 130 g/mol. The first-order valence-corrected chi connectivity index (χ1v) is 3.40. The SMILES string of the molecule is CC(CN)CCC(=O)NN. The van der Waals surface area contributed by atoms with Crippen molar-refractivity contribution in [2.75, 3.05) is 6.54 Å². The minimum Gasteiger partial charge on any atom is -0.330 e. The summed E-state index contributed by atoms with van der Waals surface area (Å²) in [6, 6.07) is 0. The molecule has 0 heterocycles. The summed E-state index contributed by atoms with van der Waals surface area (Å²) in [7, 11) is 0. The van der Waals surface area contributed by atoms with E-state index in [2.05, 4.69) is 5.43 Å². The minimum atomic E-state index is -0.125. The molecule has 0 saturated carbocycles. The lowest BCUT2D eigenvalue weighted by atomic mass is 10.1. The van der Waals surface area contributed by atoms with Crippen molar-refractivity contribution in [2.45, 2.75) is 19.8 Å². The molecule has 0 radical (unpaired) electrons. The molecule has 0 aromatic carbocycles. The van der Waals surface area contributed by atoms with E-state index in [0.717, 1.165) is 6.42 Å². The number of nitrogens with two attached hydrogens (primary N) is 2. The second-order valence-electron chi connectivity index (χ2n) is 2.45. The Balaban J connectivity index is 3.26. The first-order valence-electron chi connectivity index (χ1n) is 3.40. The molecule has 0 aliphatic rings. The van der Waals surface area contributed by atoms with Crippen LogP contribution >= 0.6 is 0 Å². The van der Waals surface area contributed by atoms with Gasteiger partial charge in [-0.3, -0.25) is 10.2 Å². The van der Waals surface area contributed by atoms with Crippen LogP contribution in [-0.4, -0.2) is 12.5 Å². The van der Waals surface area contributed by atoms with Crippen LogP contribution in [0.1, 0.15) is 19.8 Å². The summed E-state index contributed by atoms with van der Waals surface area (Å²) >= 11 is 0. The minimum absolute atomic E-state index is 0.125. The summed E-state index contributed by atoms with van der Waals surface area (Å²) in [5.74, 6) is 5.14. The van der Waals surface area contributed by atoms with E-state index in [0.29, 0.717) is 18.9 Å². The van der Waals surface area contributed by atoms with Crippen molar-refractivity contribution in [3.63, 3.8) is 0 Å². The van der Waals surface area contributed by atoms with Crippen LogP contribution in [0.25, 0.3) is 0 Å². The Bertz CT molecular complexity index is 105. The lowest BCUT2D eigenvalue weighted by molar-refractivity contribution is -0.121. The van der Waals surface area contributed by atoms with Gasteiger partial charge < -0.3 is 5.73 Å². The second-order valence-corrected chi connectivity index (χ2v) is 2.45. The van der Waals surface area contributed by atoms with E-state index in [-0.39, 0.29) is 5.91 Å². The molecule has 4 nitrogen and oxygen atoms in total. The number of hydrazine groups is 1. The van der Waals surface area contributed by atoms with Crippen LogP contribution in [0.15, 0.2) is 0 Å². The quantitative estimate of drug-likeness (QED) is 0.279. The summed E-state index contributed by atoms with van der Waals surface area (Å²) in [5.41, 5.74) is 7.40. The first kappa shape index (κ1) is 9.39. The number of hydrogen-bond donors (Lipinski definition) is 3. The molecule has 1 amide bonds. The van der Waals surface area contributed by atoms with E-state index < -0.39 is 0 Å². The van der Waals surface area contributed by atoms with Gasteiger partial charge >= 0.3 is 0 Å². The predicted molar refractivity (Wildman–Crippen MR) is 39.8 cm³/mol. The van der Waals surface area contributed by atoms with Crippen molar-refractivity contribution in [1.29, 1.82) is 0 Å². The molecule has 0 spiro atoms. The molecule has 1 atom stereocenters. The maximum atomic E-state index is 10.6. The van der Waals surface area contributed by atoms with Crippen LogP contribution in [0.3, 0.4) is 0 Å². The monoisotopic (exact) mass is 145 g/mol. The fourth-order valence-corrected chi connectivity index (χ4v) is 0.568. The van der Waals surface area contributed by atoms with Crippen LogP contribution in [0, 0.1) is 5.92 Å². The molecule has 0 aliphatic heterocycles. The summed E-state index contributed by atoms with van der Waals surface area (Å²) in [5, 5.41) is 0. The number of nitrogens with one attached hydrogen (secondary N) is 1. The zero-order valence-corrected chi connectivity index (χ0v) is 6.26. The van der Waals surface area contributed by atoms with Crippen LogP contribution in [0.5, 0.6) is 0 Å². The molecule has 0 aromatic heterocycles. The average molecular weight is 145 g/mol. The topological polar surface area (TPSA) is 81.1 Å². The van der Waals surface area contributed by atoms with Gasteiger partial charge in [-0.25, -0.2) is 5.84 Å². The second kappa shape index (κ2) is 5.20. The summed E-state index contributed by atoms with van der Waals surface area (Å²) in [6.07, 6.45) is 1.27. The van der Waals surface area contributed by atoms with Crippen molar-refractivity contribution >= 4 is 5.91 Å². The van der Waals surface area contributed by atoms with Crippen LogP contribution in [0.4, 0.5) is 0 Å². The molecule has 0 rings (SSSR count). The van der Waals surface area contributed by atoms with Gasteiger partial charge in [0.25, 0.3) is 0 Å². The lowest BCUT2D eigenvalue weighted by Crippen LogP contribution is -2.30. The Hall–Kier alpha value is -0.610. The summed E-state index contributed by atoms with van der Waals surface area (Å²) in [6.45, 7) is 2.63. The molecule has 0 aliphatic carbocycles. The predicted octanol–water partition coefficient (Wildman–Crippen LogP) is -0.649. The van der Waals surface area contributed by atoms with Crippen LogP contribution < -0.4 is 17.0 Å². The van der Waals surface area contributed by atoms with Gasteiger partial charge in [-0.15, -0.1) is 0 Å². The molecule has 0 fully saturated rings. The first-order chi connectivity index (χ1) is 4.70. The lowest BCUT2D eigenvalue weighted by Gasteiger charge is -2.05. The molecule has 0 aromatic rings. The number of carbonyl (C=O) groups is 1. The number of amides is 1. The summed E-state index contributed by atoms with van der Waals surface area (Å²) in [4.78, 5) is 10.6. The Kier molecular flexibility index (Phi) is 4.88. The van der Waals surface area contributed by atoms with E-state index in [9.17, 15) is 4.79 Å². The van der Waals surface area contributed by atoms with Crippen molar-refractivity contribution in [3.05, 3.63) is 0 Å². The average Bonchev–Trinajstić information content (AvgIpc) is 1.99. The third-order valence-electron chi connectivity index (χ3n) is 1.43. The number of hydrogen-bond acceptors (Lipinski definition) is 3. The fraction of sp³-hybridized carbons (Fsp3) is 0.833. The van der Waals surface area contributed by atoms with Crippen molar-refractivity contribution in [2.24, 2.45) is 17.5 Å². The van der Waals surface area contributed by atoms with Crippen molar-refractivity contribution in [3.8, 4) is 0 Å². The largest absolute Gasteiger partial charge is 0.330 e. The maximum absolute atomic E-state index is 10.6. The normalized spacial score (nSPS) is 12.7. The highest BCUT2D eigenvalue weighted by atomic mass is 16.2. The highest BCUT2D eigenvalue weighted by Crippen LogP contribution is 2.01. The van der Waals surface area contributed by atoms with Gasteiger partial charge in [0.1, 0.15) is 0 Å². The molecule has 4 heteroatoms.